The summed E-state index contributed by atoms with van der Waals surface area (Å²) >= 11 is 0. The molecule has 1 saturated heterocycles. The summed E-state index contributed by atoms with van der Waals surface area (Å²) in [7, 11) is 0. The first-order chi connectivity index (χ1) is 9.63. The van der Waals surface area contributed by atoms with Crippen LogP contribution in [0.25, 0.3) is 10.9 Å². The van der Waals surface area contributed by atoms with Crippen LogP contribution in [0.4, 0.5) is 0 Å². The Morgan fingerprint density at radius 3 is 2.85 bits per heavy atom. The minimum atomic E-state index is -1.02. The lowest BCUT2D eigenvalue weighted by atomic mass is 9.76. The molecule has 0 radical (unpaired) electrons. The highest BCUT2D eigenvalue weighted by Gasteiger charge is 2.48. The average molecular weight is 269 g/mol. The molecule has 0 bridgehead atoms. The maximum Gasteiger partial charge on any atom is 0.320 e. The number of hydrogen-bond donors (Lipinski definition) is 0. The highest BCUT2D eigenvalue weighted by molar-refractivity contribution is 6.04. The van der Waals surface area contributed by atoms with Crippen LogP contribution in [0, 0.1) is 5.41 Å². The SMILES string of the molecule is CC(=O)C1(Cc2ccnc3ccccc23)CCOC1=O. The van der Waals surface area contributed by atoms with Gasteiger partial charge in [0.1, 0.15) is 11.2 Å². The predicted molar refractivity (Wildman–Crippen MR) is 74.1 cm³/mol. The number of rotatable bonds is 3. The number of hydrogen-bond acceptors (Lipinski definition) is 4. The Hall–Kier alpha value is -2.23. The smallest absolute Gasteiger partial charge is 0.320 e. The van der Waals surface area contributed by atoms with Crippen LogP contribution < -0.4 is 0 Å². The van der Waals surface area contributed by atoms with Crippen molar-refractivity contribution in [3.63, 3.8) is 0 Å². The Labute approximate surface area is 116 Å². The van der Waals surface area contributed by atoms with Gasteiger partial charge in [0.05, 0.1) is 12.1 Å². The summed E-state index contributed by atoms with van der Waals surface area (Å²) in [6.45, 7) is 1.79. The molecule has 1 fully saturated rings. The van der Waals surface area contributed by atoms with Crippen molar-refractivity contribution >= 4 is 22.7 Å². The molecule has 4 heteroatoms. The zero-order valence-corrected chi connectivity index (χ0v) is 11.3. The van der Waals surface area contributed by atoms with E-state index in [0.29, 0.717) is 19.4 Å². The van der Waals surface area contributed by atoms with E-state index in [2.05, 4.69) is 4.98 Å². The fraction of sp³-hybridized carbons (Fsp3) is 0.312. The van der Waals surface area contributed by atoms with Crippen molar-refractivity contribution in [1.82, 2.24) is 4.98 Å². The van der Waals surface area contributed by atoms with Crippen LogP contribution in [0.3, 0.4) is 0 Å². The number of esters is 1. The summed E-state index contributed by atoms with van der Waals surface area (Å²) in [4.78, 5) is 28.3. The number of fused-ring (bicyclic) bond motifs is 1. The van der Waals surface area contributed by atoms with E-state index in [4.69, 9.17) is 4.74 Å². The molecule has 20 heavy (non-hydrogen) atoms. The molecule has 1 atom stereocenters. The average Bonchev–Trinajstić information content (AvgIpc) is 2.82. The molecular weight excluding hydrogens is 254 g/mol. The van der Waals surface area contributed by atoms with Gasteiger partial charge in [-0.15, -0.1) is 0 Å². The van der Waals surface area contributed by atoms with Crippen LogP contribution in [-0.2, 0) is 20.7 Å². The molecule has 1 aliphatic heterocycles. The van der Waals surface area contributed by atoms with Crippen molar-refractivity contribution in [2.45, 2.75) is 19.8 Å². The van der Waals surface area contributed by atoms with E-state index in [1.54, 1.807) is 6.20 Å². The zero-order valence-electron chi connectivity index (χ0n) is 11.3. The standard InChI is InChI=1S/C16H15NO3/c1-11(18)16(7-9-20-15(16)19)10-12-6-8-17-14-5-3-2-4-13(12)14/h2-6,8H,7,9-10H2,1H3. The summed E-state index contributed by atoms with van der Waals surface area (Å²) in [6, 6.07) is 9.61. The molecule has 1 unspecified atom stereocenters. The van der Waals surface area contributed by atoms with Gasteiger partial charge in [-0.3, -0.25) is 14.6 Å². The molecule has 1 aromatic carbocycles. The molecule has 0 saturated carbocycles. The van der Waals surface area contributed by atoms with E-state index in [9.17, 15) is 9.59 Å². The lowest BCUT2D eigenvalue weighted by molar-refractivity contribution is -0.150. The van der Waals surface area contributed by atoms with Crippen LogP contribution >= 0.6 is 0 Å². The Morgan fingerprint density at radius 2 is 2.15 bits per heavy atom. The first kappa shape index (κ1) is 12.8. The normalized spacial score (nSPS) is 21.9. The highest BCUT2D eigenvalue weighted by Crippen LogP contribution is 2.36. The van der Waals surface area contributed by atoms with Gasteiger partial charge in [-0.1, -0.05) is 18.2 Å². The first-order valence-corrected chi connectivity index (χ1v) is 6.64. The summed E-state index contributed by atoms with van der Waals surface area (Å²) in [5, 5.41) is 0.982. The summed E-state index contributed by atoms with van der Waals surface area (Å²) in [5.74, 6) is -0.521. The molecule has 1 aliphatic rings. The van der Waals surface area contributed by atoms with Crippen LogP contribution in [0.2, 0.25) is 0 Å². The number of benzene rings is 1. The largest absolute Gasteiger partial charge is 0.465 e. The number of carbonyl (C=O) groups excluding carboxylic acids is 2. The van der Waals surface area contributed by atoms with Crippen LogP contribution in [0.15, 0.2) is 36.5 Å². The molecule has 3 rings (SSSR count). The van der Waals surface area contributed by atoms with Gasteiger partial charge in [-0.25, -0.2) is 0 Å². The Bertz CT molecular complexity index is 690. The Morgan fingerprint density at radius 1 is 1.35 bits per heavy atom. The molecule has 2 heterocycles. The number of aromatic nitrogens is 1. The van der Waals surface area contributed by atoms with Gasteiger partial charge in [0.25, 0.3) is 0 Å². The van der Waals surface area contributed by atoms with Crippen molar-refractivity contribution in [2.24, 2.45) is 5.41 Å². The number of Topliss-reactive ketones (excluding diaryl/α,β-unsaturated/α-hetero) is 1. The van der Waals surface area contributed by atoms with E-state index in [1.807, 2.05) is 30.3 Å². The first-order valence-electron chi connectivity index (χ1n) is 6.64. The summed E-state index contributed by atoms with van der Waals surface area (Å²) in [6.07, 6.45) is 2.55. The summed E-state index contributed by atoms with van der Waals surface area (Å²) < 4.78 is 5.04. The molecule has 0 N–H and O–H groups in total. The van der Waals surface area contributed by atoms with Gasteiger partial charge in [-0.2, -0.15) is 0 Å². The number of nitrogens with zero attached hydrogens (tertiary/aromatic N) is 1. The monoisotopic (exact) mass is 269 g/mol. The minimum absolute atomic E-state index is 0.124. The Balaban J connectivity index is 2.08. The maximum absolute atomic E-state index is 12.0. The van der Waals surface area contributed by atoms with Gasteiger partial charge in [-0.05, 0) is 31.0 Å². The van der Waals surface area contributed by atoms with Crippen molar-refractivity contribution < 1.29 is 14.3 Å². The molecule has 2 aromatic rings. The van der Waals surface area contributed by atoms with Crippen molar-refractivity contribution in [3.05, 3.63) is 42.1 Å². The fourth-order valence-corrected chi connectivity index (χ4v) is 2.80. The van der Waals surface area contributed by atoms with Crippen molar-refractivity contribution in [2.75, 3.05) is 6.61 Å². The topological polar surface area (TPSA) is 56.3 Å². The van der Waals surface area contributed by atoms with Gasteiger partial charge in [0, 0.05) is 18.0 Å². The lowest BCUT2D eigenvalue weighted by Gasteiger charge is -2.22. The van der Waals surface area contributed by atoms with E-state index < -0.39 is 11.4 Å². The number of carbonyl (C=O) groups is 2. The molecule has 0 spiro atoms. The van der Waals surface area contributed by atoms with Gasteiger partial charge in [0.2, 0.25) is 0 Å². The fourth-order valence-electron chi connectivity index (χ4n) is 2.80. The second-order valence-electron chi connectivity index (χ2n) is 5.19. The van der Waals surface area contributed by atoms with E-state index in [0.717, 1.165) is 16.5 Å². The summed E-state index contributed by atoms with van der Waals surface area (Å²) in [5.41, 5.74) is 0.809. The van der Waals surface area contributed by atoms with E-state index in [1.165, 1.54) is 6.92 Å². The second kappa shape index (κ2) is 4.71. The van der Waals surface area contributed by atoms with Gasteiger partial charge in [0.15, 0.2) is 0 Å². The molecule has 0 amide bonds. The van der Waals surface area contributed by atoms with Crippen molar-refractivity contribution in [1.29, 1.82) is 0 Å². The molecule has 0 aliphatic carbocycles. The number of pyridine rings is 1. The number of ketones is 1. The number of cyclic esters (lactones) is 1. The maximum atomic E-state index is 12.0. The third-order valence-electron chi connectivity index (χ3n) is 4.06. The quantitative estimate of drug-likeness (QED) is 0.633. The number of para-hydroxylation sites is 1. The minimum Gasteiger partial charge on any atom is -0.465 e. The van der Waals surface area contributed by atoms with E-state index in [-0.39, 0.29) is 5.78 Å². The second-order valence-corrected chi connectivity index (χ2v) is 5.19. The van der Waals surface area contributed by atoms with E-state index >= 15 is 0 Å². The van der Waals surface area contributed by atoms with Crippen LogP contribution in [0.1, 0.15) is 18.9 Å². The lowest BCUT2D eigenvalue weighted by Crippen LogP contribution is -2.36. The molecule has 102 valence electrons. The van der Waals surface area contributed by atoms with Gasteiger partial charge >= 0.3 is 5.97 Å². The van der Waals surface area contributed by atoms with Crippen molar-refractivity contribution in [3.8, 4) is 0 Å². The molecule has 4 nitrogen and oxygen atoms in total. The zero-order chi connectivity index (χ0) is 14.2. The van der Waals surface area contributed by atoms with Gasteiger partial charge < -0.3 is 4.74 Å². The highest BCUT2D eigenvalue weighted by atomic mass is 16.5. The molecular formula is C16H15NO3. The number of ether oxygens (including phenoxy) is 1. The van der Waals surface area contributed by atoms with Crippen LogP contribution in [-0.4, -0.2) is 23.3 Å². The molecule has 1 aromatic heterocycles. The third kappa shape index (κ3) is 1.88. The Kier molecular flexibility index (Phi) is 3.01. The van der Waals surface area contributed by atoms with Crippen LogP contribution in [0.5, 0.6) is 0 Å². The predicted octanol–water partition coefficient (Wildman–Crippen LogP) is 2.30. The third-order valence-corrected chi connectivity index (χ3v) is 4.06.